The second-order valence-corrected chi connectivity index (χ2v) is 6.11. The molecule has 1 saturated heterocycles. The van der Waals surface area contributed by atoms with Gasteiger partial charge in [0, 0.05) is 25.3 Å². The highest BCUT2D eigenvalue weighted by molar-refractivity contribution is 5.92. The number of nitrogens with zero attached hydrogens (tertiary/aromatic N) is 4. The molecule has 2 heterocycles. The molecule has 7 heteroatoms. The highest BCUT2D eigenvalue weighted by Gasteiger charge is 2.38. The average Bonchev–Trinajstić information content (AvgIpc) is 3.05. The van der Waals surface area contributed by atoms with Crippen molar-refractivity contribution in [1.82, 2.24) is 19.6 Å². The van der Waals surface area contributed by atoms with Crippen molar-refractivity contribution in [3.63, 3.8) is 0 Å². The zero-order chi connectivity index (χ0) is 15.7. The molecule has 0 unspecified atom stereocenters. The lowest BCUT2D eigenvalue weighted by molar-refractivity contribution is 0.0553. The van der Waals surface area contributed by atoms with Crippen LogP contribution in [0.1, 0.15) is 30.9 Å². The quantitative estimate of drug-likeness (QED) is 0.853. The Morgan fingerprint density at radius 2 is 2.05 bits per heavy atom. The molecule has 1 aromatic rings. The number of carbonyl (C=O) groups is 1. The van der Waals surface area contributed by atoms with Crippen molar-refractivity contribution in [3.05, 3.63) is 18.0 Å². The van der Waals surface area contributed by atoms with Crippen LogP contribution < -0.4 is 0 Å². The van der Waals surface area contributed by atoms with Gasteiger partial charge < -0.3 is 9.80 Å². The maximum Gasteiger partial charge on any atom is 0.333 e. The first kappa shape index (κ1) is 15.9. The predicted molar refractivity (Wildman–Crippen MR) is 75.2 cm³/mol. The Morgan fingerprint density at radius 1 is 1.38 bits per heavy atom. The molecule has 1 aromatic heterocycles. The Morgan fingerprint density at radius 3 is 2.48 bits per heavy atom. The van der Waals surface area contributed by atoms with Crippen molar-refractivity contribution < 1.29 is 13.6 Å². The van der Waals surface area contributed by atoms with E-state index in [-0.39, 0.29) is 17.6 Å². The van der Waals surface area contributed by atoms with Crippen molar-refractivity contribution in [3.8, 4) is 0 Å². The second-order valence-electron chi connectivity index (χ2n) is 6.11. The van der Waals surface area contributed by atoms with E-state index in [0.717, 1.165) is 6.20 Å². The van der Waals surface area contributed by atoms with E-state index in [4.69, 9.17) is 0 Å². The molecule has 2 atom stereocenters. The van der Waals surface area contributed by atoms with Gasteiger partial charge in [-0.1, -0.05) is 13.8 Å². The summed E-state index contributed by atoms with van der Waals surface area (Å²) < 4.78 is 25.6. The van der Waals surface area contributed by atoms with Gasteiger partial charge in [-0.15, -0.1) is 0 Å². The highest BCUT2D eigenvalue weighted by atomic mass is 19.3. The zero-order valence-corrected chi connectivity index (χ0v) is 12.8. The predicted octanol–water partition coefficient (Wildman–Crippen LogP) is 1.94. The van der Waals surface area contributed by atoms with E-state index in [1.165, 1.54) is 6.07 Å². The molecule has 1 aliphatic rings. The minimum Gasteiger partial charge on any atom is -0.335 e. The number of likely N-dealkylation sites (tertiary alicyclic amines) is 1. The van der Waals surface area contributed by atoms with Crippen LogP contribution >= 0.6 is 0 Å². The van der Waals surface area contributed by atoms with Crippen LogP contribution in [0, 0.1) is 11.8 Å². The summed E-state index contributed by atoms with van der Waals surface area (Å²) in [7, 11) is 4.00. The van der Waals surface area contributed by atoms with Crippen LogP contribution in [-0.2, 0) is 0 Å². The number of rotatable bonds is 4. The molecule has 0 saturated carbocycles. The van der Waals surface area contributed by atoms with E-state index < -0.39 is 6.55 Å². The van der Waals surface area contributed by atoms with Crippen molar-refractivity contribution in [1.29, 1.82) is 0 Å². The molecule has 0 spiro atoms. The molecule has 5 nitrogen and oxygen atoms in total. The number of hydrogen-bond acceptors (Lipinski definition) is 3. The number of halogens is 2. The lowest BCUT2D eigenvalue weighted by Crippen LogP contribution is -2.37. The normalized spacial score (nSPS) is 22.8. The first-order chi connectivity index (χ1) is 9.81. The molecule has 0 N–H and O–H groups in total. The number of hydrogen-bond donors (Lipinski definition) is 0. The van der Waals surface area contributed by atoms with Gasteiger partial charge in [-0.2, -0.15) is 13.9 Å². The van der Waals surface area contributed by atoms with Gasteiger partial charge in [0.1, 0.15) is 0 Å². The SMILES string of the molecule is CC(C)[C@@H]1CN(C(=O)c2ccn(C(F)F)n2)C[C@H]1N(C)C. The Kier molecular flexibility index (Phi) is 4.61. The molecule has 118 valence electrons. The Bertz CT molecular complexity index is 485. The fourth-order valence-corrected chi connectivity index (χ4v) is 2.90. The Hall–Kier alpha value is -1.50. The summed E-state index contributed by atoms with van der Waals surface area (Å²) >= 11 is 0. The second kappa shape index (κ2) is 6.09. The third kappa shape index (κ3) is 3.23. The van der Waals surface area contributed by atoms with E-state index in [0.29, 0.717) is 29.6 Å². The third-order valence-corrected chi connectivity index (χ3v) is 4.17. The van der Waals surface area contributed by atoms with Crippen LogP contribution in [0.3, 0.4) is 0 Å². The maximum absolute atomic E-state index is 12.5. The van der Waals surface area contributed by atoms with Crippen molar-refractivity contribution >= 4 is 5.91 Å². The minimum atomic E-state index is -2.72. The molecule has 0 radical (unpaired) electrons. The summed E-state index contributed by atoms with van der Waals surface area (Å²) in [6.45, 7) is 2.81. The Labute approximate surface area is 123 Å². The van der Waals surface area contributed by atoms with E-state index in [9.17, 15) is 13.6 Å². The van der Waals surface area contributed by atoms with Crippen LogP contribution in [0.15, 0.2) is 12.3 Å². The summed E-state index contributed by atoms with van der Waals surface area (Å²) in [5.41, 5.74) is 0.0808. The van der Waals surface area contributed by atoms with Gasteiger partial charge in [-0.3, -0.25) is 4.79 Å². The minimum absolute atomic E-state index is 0.0808. The average molecular weight is 300 g/mol. The fourth-order valence-electron chi connectivity index (χ4n) is 2.90. The zero-order valence-electron chi connectivity index (χ0n) is 12.8. The smallest absolute Gasteiger partial charge is 0.333 e. The van der Waals surface area contributed by atoms with Gasteiger partial charge in [0.15, 0.2) is 5.69 Å². The lowest BCUT2D eigenvalue weighted by atomic mass is 9.91. The molecule has 1 amide bonds. The van der Waals surface area contributed by atoms with Crippen molar-refractivity contribution in [2.24, 2.45) is 11.8 Å². The molecule has 0 aromatic carbocycles. The number of amides is 1. The largest absolute Gasteiger partial charge is 0.335 e. The lowest BCUT2D eigenvalue weighted by Gasteiger charge is -2.27. The summed E-state index contributed by atoms with van der Waals surface area (Å²) in [6.07, 6.45) is 1.14. The molecule has 0 bridgehead atoms. The maximum atomic E-state index is 12.5. The number of aromatic nitrogens is 2. The van der Waals surface area contributed by atoms with Crippen LogP contribution in [0.2, 0.25) is 0 Å². The molecule has 1 aliphatic heterocycles. The first-order valence-corrected chi connectivity index (χ1v) is 7.10. The summed E-state index contributed by atoms with van der Waals surface area (Å²) in [6, 6.07) is 1.63. The topological polar surface area (TPSA) is 41.4 Å². The first-order valence-electron chi connectivity index (χ1n) is 7.10. The molecular weight excluding hydrogens is 278 g/mol. The number of alkyl halides is 2. The number of carbonyl (C=O) groups excluding carboxylic acids is 1. The summed E-state index contributed by atoms with van der Waals surface area (Å²) in [4.78, 5) is 16.2. The summed E-state index contributed by atoms with van der Waals surface area (Å²) in [5, 5.41) is 3.66. The highest BCUT2D eigenvalue weighted by Crippen LogP contribution is 2.28. The molecule has 21 heavy (non-hydrogen) atoms. The standard InChI is InChI=1S/C14H22F2N4O/c1-9(2)10-7-19(8-12(10)18(3)4)13(21)11-5-6-20(17-11)14(15)16/h5-6,9-10,12,14H,7-8H2,1-4H3/t10-,12+/m0/s1. The van der Waals surface area contributed by atoms with Crippen LogP contribution in [-0.4, -0.2) is 58.7 Å². The Balaban J connectivity index is 2.13. The fraction of sp³-hybridized carbons (Fsp3) is 0.714. The van der Waals surface area contributed by atoms with Gasteiger partial charge in [0.05, 0.1) is 0 Å². The third-order valence-electron chi connectivity index (χ3n) is 4.17. The van der Waals surface area contributed by atoms with Crippen molar-refractivity contribution in [2.45, 2.75) is 26.4 Å². The molecular formula is C14H22F2N4O. The van der Waals surface area contributed by atoms with Crippen molar-refractivity contribution in [2.75, 3.05) is 27.2 Å². The van der Waals surface area contributed by atoms with E-state index in [1.807, 2.05) is 14.1 Å². The van der Waals surface area contributed by atoms with Gasteiger partial charge in [-0.05, 0) is 32.0 Å². The summed E-state index contributed by atoms with van der Waals surface area (Å²) in [5.74, 6) is 0.555. The molecule has 2 rings (SSSR count). The van der Waals surface area contributed by atoms with E-state index in [2.05, 4.69) is 23.8 Å². The molecule has 1 fully saturated rings. The van der Waals surface area contributed by atoms with Crippen LogP contribution in [0.4, 0.5) is 8.78 Å². The van der Waals surface area contributed by atoms with Gasteiger partial charge >= 0.3 is 6.55 Å². The van der Waals surface area contributed by atoms with Crippen LogP contribution in [0.25, 0.3) is 0 Å². The number of likely N-dealkylation sites (N-methyl/N-ethyl adjacent to an activating group) is 1. The van der Waals surface area contributed by atoms with E-state index in [1.54, 1.807) is 4.90 Å². The van der Waals surface area contributed by atoms with Gasteiger partial charge in [0.2, 0.25) is 0 Å². The van der Waals surface area contributed by atoms with Gasteiger partial charge in [0.25, 0.3) is 5.91 Å². The van der Waals surface area contributed by atoms with E-state index >= 15 is 0 Å². The van der Waals surface area contributed by atoms with Gasteiger partial charge in [-0.25, -0.2) is 4.68 Å². The monoisotopic (exact) mass is 300 g/mol. The van der Waals surface area contributed by atoms with Crippen LogP contribution in [0.5, 0.6) is 0 Å². The molecule has 0 aliphatic carbocycles.